The highest BCUT2D eigenvalue weighted by Gasteiger charge is 2.15. The molecule has 0 saturated heterocycles. The molecule has 0 radical (unpaired) electrons. The lowest BCUT2D eigenvalue weighted by molar-refractivity contribution is 0.404. The van der Waals surface area contributed by atoms with E-state index >= 15 is 0 Å². The van der Waals surface area contributed by atoms with Crippen LogP contribution in [0.5, 0.6) is 11.5 Å². The normalized spacial score (nSPS) is 10.4. The molecular formula is C13H17N3O2. The summed E-state index contributed by atoms with van der Waals surface area (Å²) < 4.78 is 10.6. The maximum atomic E-state index is 5.64. The molecule has 0 amide bonds. The number of aromatic amines is 1. The van der Waals surface area contributed by atoms with Gasteiger partial charge in [0, 0.05) is 12.1 Å². The van der Waals surface area contributed by atoms with Crippen molar-refractivity contribution in [1.29, 1.82) is 0 Å². The van der Waals surface area contributed by atoms with Crippen molar-refractivity contribution < 1.29 is 9.47 Å². The summed E-state index contributed by atoms with van der Waals surface area (Å²) in [6.07, 6.45) is 0. The summed E-state index contributed by atoms with van der Waals surface area (Å²) in [4.78, 5) is 0. The van der Waals surface area contributed by atoms with Gasteiger partial charge in [-0.2, -0.15) is 5.10 Å². The molecule has 0 unspecified atom stereocenters. The molecule has 2 aromatic rings. The predicted octanol–water partition coefficient (Wildman–Crippen LogP) is 1.86. The van der Waals surface area contributed by atoms with Gasteiger partial charge in [0.15, 0.2) is 0 Å². The van der Waals surface area contributed by atoms with Crippen molar-refractivity contribution in [2.45, 2.75) is 13.5 Å². The Labute approximate surface area is 106 Å². The average molecular weight is 247 g/mol. The molecule has 5 heteroatoms. The second-order valence-corrected chi connectivity index (χ2v) is 3.95. The third-order valence-corrected chi connectivity index (χ3v) is 2.98. The van der Waals surface area contributed by atoms with E-state index in [0.717, 1.165) is 34.0 Å². The summed E-state index contributed by atoms with van der Waals surface area (Å²) in [5.74, 6) is 1.52. The molecule has 0 aliphatic carbocycles. The number of hydrogen-bond donors (Lipinski definition) is 2. The standard InChI is InChI=1S/C13H17N3O2/c1-8-11(7-14)15-16-13(8)10-6-9(17-2)4-5-12(10)18-3/h4-6H,7,14H2,1-3H3,(H,15,16). The minimum absolute atomic E-state index is 0.436. The van der Waals surface area contributed by atoms with Gasteiger partial charge < -0.3 is 15.2 Å². The van der Waals surface area contributed by atoms with Crippen molar-refractivity contribution in [2.75, 3.05) is 14.2 Å². The van der Waals surface area contributed by atoms with Crippen molar-refractivity contribution in [3.8, 4) is 22.8 Å². The summed E-state index contributed by atoms with van der Waals surface area (Å²) in [7, 11) is 3.27. The zero-order valence-corrected chi connectivity index (χ0v) is 10.8. The van der Waals surface area contributed by atoms with Crippen LogP contribution < -0.4 is 15.2 Å². The average Bonchev–Trinajstić information content (AvgIpc) is 2.78. The third kappa shape index (κ3) is 2.04. The number of H-pyrrole nitrogens is 1. The van der Waals surface area contributed by atoms with Crippen LogP contribution in [0.25, 0.3) is 11.3 Å². The first-order valence-electron chi connectivity index (χ1n) is 5.67. The third-order valence-electron chi connectivity index (χ3n) is 2.98. The van der Waals surface area contributed by atoms with Crippen LogP contribution >= 0.6 is 0 Å². The van der Waals surface area contributed by atoms with E-state index in [1.807, 2.05) is 25.1 Å². The number of nitrogens with two attached hydrogens (primary N) is 1. The minimum Gasteiger partial charge on any atom is -0.497 e. The van der Waals surface area contributed by atoms with Crippen LogP contribution in [0.1, 0.15) is 11.3 Å². The Hall–Kier alpha value is -2.01. The molecule has 0 fully saturated rings. The number of methoxy groups -OCH3 is 2. The number of hydrogen-bond acceptors (Lipinski definition) is 4. The molecule has 1 heterocycles. The Morgan fingerprint density at radius 3 is 2.61 bits per heavy atom. The van der Waals surface area contributed by atoms with Gasteiger partial charge >= 0.3 is 0 Å². The molecule has 1 aromatic heterocycles. The van der Waals surface area contributed by atoms with E-state index in [9.17, 15) is 0 Å². The molecule has 0 aliphatic rings. The van der Waals surface area contributed by atoms with Crippen LogP contribution in [0.2, 0.25) is 0 Å². The predicted molar refractivity (Wildman–Crippen MR) is 69.8 cm³/mol. The lowest BCUT2D eigenvalue weighted by Crippen LogP contribution is -1.98. The minimum atomic E-state index is 0.436. The van der Waals surface area contributed by atoms with E-state index in [4.69, 9.17) is 15.2 Å². The van der Waals surface area contributed by atoms with E-state index in [0.29, 0.717) is 6.54 Å². The van der Waals surface area contributed by atoms with Crippen molar-refractivity contribution in [3.05, 3.63) is 29.5 Å². The number of aromatic nitrogens is 2. The van der Waals surface area contributed by atoms with Crippen LogP contribution in [0.4, 0.5) is 0 Å². The molecule has 0 spiro atoms. The molecule has 0 atom stereocenters. The number of rotatable bonds is 4. The van der Waals surface area contributed by atoms with Gasteiger partial charge in [0.25, 0.3) is 0 Å². The van der Waals surface area contributed by atoms with Crippen LogP contribution in [0, 0.1) is 6.92 Å². The van der Waals surface area contributed by atoms with Gasteiger partial charge in [-0.1, -0.05) is 0 Å². The first-order valence-corrected chi connectivity index (χ1v) is 5.67. The van der Waals surface area contributed by atoms with E-state index in [1.54, 1.807) is 14.2 Å². The molecular weight excluding hydrogens is 230 g/mol. The number of ether oxygens (including phenoxy) is 2. The first kappa shape index (κ1) is 12.4. The maximum Gasteiger partial charge on any atom is 0.128 e. The molecule has 1 aromatic carbocycles. The first-order chi connectivity index (χ1) is 8.71. The van der Waals surface area contributed by atoms with Gasteiger partial charge in [-0.15, -0.1) is 0 Å². The van der Waals surface area contributed by atoms with Crippen LogP contribution in [-0.2, 0) is 6.54 Å². The molecule has 0 aliphatic heterocycles. The Morgan fingerprint density at radius 1 is 1.28 bits per heavy atom. The smallest absolute Gasteiger partial charge is 0.128 e. The Morgan fingerprint density at radius 2 is 2.06 bits per heavy atom. The van der Waals surface area contributed by atoms with Gasteiger partial charge in [0.05, 0.1) is 25.6 Å². The van der Waals surface area contributed by atoms with Gasteiger partial charge in [-0.05, 0) is 30.7 Å². The van der Waals surface area contributed by atoms with Gasteiger partial charge in [-0.25, -0.2) is 0 Å². The van der Waals surface area contributed by atoms with Gasteiger partial charge in [0.2, 0.25) is 0 Å². The summed E-state index contributed by atoms with van der Waals surface area (Å²) >= 11 is 0. The zero-order valence-electron chi connectivity index (χ0n) is 10.8. The summed E-state index contributed by atoms with van der Waals surface area (Å²) in [6.45, 7) is 2.42. The van der Waals surface area contributed by atoms with E-state index < -0.39 is 0 Å². The zero-order chi connectivity index (χ0) is 13.1. The van der Waals surface area contributed by atoms with Crippen molar-refractivity contribution in [1.82, 2.24) is 10.2 Å². The van der Waals surface area contributed by atoms with Crippen LogP contribution in [-0.4, -0.2) is 24.4 Å². The van der Waals surface area contributed by atoms with E-state index in [1.165, 1.54) is 0 Å². The second-order valence-electron chi connectivity index (χ2n) is 3.95. The van der Waals surface area contributed by atoms with Crippen LogP contribution in [0.3, 0.4) is 0 Å². The monoisotopic (exact) mass is 247 g/mol. The van der Waals surface area contributed by atoms with Crippen molar-refractivity contribution in [3.63, 3.8) is 0 Å². The molecule has 0 saturated carbocycles. The molecule has 18 heavy (non-hydrogen) atoms. The summed E-state index contributed by atoms with van der Waals surface area (Å²) in [5.41, 5.74) is 9.33. The van der Waals surface area contributed by atoms with Crippen molar-refractivity contribution in [2.24, 2.45) is 5.73 Å². The number of nitrogens with one attached hydrogen (secondary N) is 1. The Balaban J connectivity index is 2.57. The molecule has 0 bridgehead atoms. The topological polar surface area (TPSA) is 73.2 Å². The molecule has 2 rings (SSSR count). The molecule has 3 N–H and O–H groups in total. The van der Waals surface area contributed by atoms with E-state index in [2.05, 4.69) is 10.2 Å². The second kappa shape index (κ2) is 5.10. The Bertz CT molecular complexity index is 549. The van der Waals surface area contributed by atoms with Gasteiger partial charge in [0.1, 0.15) is 11.5 Å². The maximum absolute atomic E-state index is 5.64. The van der Waals surface area contributed by atoms with Gasteiger partial charge in [-0.3, -0.25) is 5.10 Å². The fourth-order valence-corrected chi connectivity index (χ4v) is 1.89. The largest absolute Gasteiger partial charge is 0.497 e. The fourth-order valence-electron chi connectivity index (χ4n) is 1.89. The lowest BCUT2D eigenvalue weighted by Gasteiger charge is -2.09. The quantitative estimate of drug-likeness (QED) is 0.865. The number of nitrogens with zero attached hydrogens (tertiary/aromatic N) is 1. The highest BCUT2D eigenvalue weighted by atomic mass is 16.5. The lowest BCUT2D eigenvalue weighted by atomic mass is 10.1. The SMILES string of the molecule is COc1ccc(OC)c(-c2n[nH]c(CN)c2C)c1. The summed E-state index contributed by atoms with van der Waals surface area (Å²) in [5, 5.41) is 7.24. The molecule has 96 valence electrons. The Kier molecular flexibility index (Phi) is 3.53. The van der Waals surface area contributed by atoms with Crippen molar-refractivity contribution >= 4 is 0 Å². The number of benzene rings is 1. The summed E-state index contributed by atoms with van der Waals surface area (Å²) in [6, 6.07) is 5.63. The fraction of sp³-hybridized carbons (Fsp3) is 0.308. The highest BCUT2D eigenvalue weighted by Crippen LogP contribution is 2.34. The molecule has 5 nitrogen and oxygen atoms in total. The highest BCUT2D eigenvalue weighted by molar-refractivity contribution is 5.72. The van der Waals surface area contributed by atoms with E-state index in [-0.39, 0.29) is 0 Å². The van der Waals surface area contributed by atoms with Crippen LogP contribution in [0.15, 0.2) is 18.2 Å².